The molecule has 0 aliphatic heterocycles. The van der Waals surface area contributed by atoms with E-state index in [-0.39, 0.29) is 11.5 Å². The Bertz CT molecular complexity index is 583. The van der Waals surface area contributed by atoms with Gasteiger partial charge in [0, 0.05) is 10.8 Å². The first-order valence-electron chi connectivity index (χ1n) is 6.86. The van der Waals surface area contributed by atoms with Gasteiger partial charge < -0.3 is 4.79 Å². The van der Waals surface area contributed by atoms with Crippen molar-refractivity contribution in [3.8, 4) is 0 Å². The maximum absolute atomic E-state index is 11.5. The molecular formula is C17H17NO3. The number of nitrogens with zero attached hydrogens (tertiary/aromatic N) is 1. The molecule has 0 heterocycles. The van der Waals surface area contributed by atoms with Crippen molar-refractivity contribution < 1.29 is 9.72 Å². The fourth-order valence-electron chi connectivity index (χ4n) is 2.52. The van der Waals surface area contributed by atoms with E-state index in [0.717, 1.165) is 17.4 Å². The Balaban J connectivity index is 2.25. The standard InChI is InChI=1S/C17H17NO3/c19-13-16(11-14-7-3-1-4-8-14)17(12-18(20)21)15-9-5-2-6-10-15/h1-10,13,16-17H,11-12H2/t16-,17+/m1/s1. The highest BCUT2D eigenvalue weighted by molar-refractivity contribution is 5.57. The lowest BCUT2D eigenvalue weighted by Crippen LogP contribution is -2.24. The second-order valence-corrected chi connectivity index (χ2v) is 5.02. The van der Waals surface area contributed by atoms with Crippen LogP contribution in [0.25, 0.3) is 0 Å². The maximum Gasteiger partial charge on any atom is 0.211 e. The van der Waals surface area contributed by atoms with Crippen LogP contribution in [0, 0.1) is 16.0 Å². The number of hydrogen-bond donors (Lipinski definition) is 0. The summed E-state index contributed by atoms with van der Waals surface area (Å²) in [6.45, 7) is -0.236. The monoisotopic (exact) mass is 283 g/mol. The molecule has 0 aliphatic rings. The van der Waals surface area contributed by atoms with Gasteiger partial charge in [-0.25, -0.2) is 0 Å². The summed E-state index contributed by atoms with van der Waals surface area (Å²) in [7, 11) is 0. The lowest BCUT2D eigenvalue weighted by molar-refractivity contribution is -0.484. The summed E-state index contributed by atoms with van der Waals surface area (Å²) in [5.74, 6) is -0.806. The van der Waals surface area contributed by atoms with Gasteiger partial charge >= 0.3 is 0 Å². The van der Waals surface area contributed by atoms with E-state index in [1.807, 2.05) is 60.7 Å². The third kappa shape index (κ3) is 4.24. The first-order valence-corrected chi connectivity index (χ1v) is 6.86. The van der Waals surface area contributed by atoms with Crippen LogP contribution in [0.2, 0.25) is 0 Å². The van der Waals surface area contributed by atoms with Crippen molar-refractivity contribution in [2.45, 2.75) is 12.3 Å². The van der Waals surface area contributed by atoms with Crippen LogP contribution in [0.5, 0.6) is 0 Å². The lowest BCUT2D eigenvalue weighted by Gasteiger charge is -2.20. The van der Waals surface area contributed by atoms with Crippen molar-refractivity contribution in [2.75, 3.05) is 6.54 Å². The van der Waals surface area contributed by atoms with Gasteiger partial charge in [0.05, 0.1) is 5.92 Å². The first kappa shape index (κ1) is 14.9. The molecule has 0 amide bonds. The van der Waals surface area contributed by atoms with Crippen molar-refractivity contribution in [1.82, 2.24) is 0 Å². The molecule has 2 rings (SSSR count). The molecule has 2 atom stereocenters. The molecule has 2 aromatic carbocycles. The summed E-state index contributed by atoms with van der Waals surface area (Å²) in [6, 6.07) is 18.8. The summed E-state index contributed by atoms with van der Waals surface area (Å²) >= 11 is 0. The molecule has 21 heavy (non-hydrogen) atoms. The molecule has 0 bridgehead atoms. The van der Waals surface area contributed by atoms with Gasteiger partial charge in [0.2, 0.25) is 6.54 Å². The second kappa shape index (κ2) is 7.33. The zero-order valence-corrected chi connectivity index (χ0v) is 11.6. The minimum Gasteiger partial charge on any atom is -0.303 e. The van der Waals surface area contributed by atoms with Crippen LogP contribution < -0.4 is 0 Å². The number of rotatable bonds is 7. The smallest absolute Gasteiger partial charge is 0.211 e. The summed E-state index contributed by atoms with van der Waals surface area (Å²) in [6.07, 6.45) is 1.35. The summed E-state index contributed by atoms with van der Waals surface area (Å²) in [4.78, 5) is 22.1. The van der Waals surface area contributed by atoms with Crippen LogP contribution in [-0.4, -0.2) is 17.8 Å². The maximum atomic E-state index is 11.5. The minimum atomic E-state index is -0.404. The Hall–Kier alpha value is -2.49. The van der Waals surface area contributed by atoms with Crippen molar-refractivity contribution in [3.05, 3.63) is 81.9 Å². The number of carbonyl (C=O) groups is 1. The van der Waals surface area contributed by atoms with Crippen LogP contribution in [0.15, 0.2) is 60.7 Å². The normalized spacial score (nSPS) is 13.3. The van der Waals surface area contributed by atoms with E-state index in [2.05, 4.69) is 0 Å². The van der Waals surface area contributed by atoms with E-state index in [4.69, 9.17) is 0 Å². The van der Waals surface area contributed by atoms with Gasteiger partial charge in [0.15, 0.2) is 0 Å². The van der Waals surface area contributed by atoms with Gasteiger partial charge in [-0.3, -0.25) is 10.1 Å². The van der Waals surface area contributed by atoms with E-state index in [0.29, 0.717) is 6.42 Å². The minimum absolute atomic E-state index is 0.236. The van der Waals surface area contributed by atoms with Crippen molar-refractivity contribution in [1.29, 1.82) is 0 Å². The zero-order chi connectivity index (χ0) is 15.1. The predicted molar refractivity (Wildman–Crippen MR) is 80.7 cm³/mol. The molecule has 4 heteroatoms. The molecule has 0 aromatic heterocycles. The van der Waals surface area contributed by atoms with Gasteiger partial charge in [-0.15, -0.1) is 0 Å². The molecule has 0 radical (unpaired) electrons. The third-order valence-electron chi connectivity index (χ3n) is 3.58. The summed E-state index contributed by atoms with van der Waals surface area (Å²) in [5, 5.41) is 10.9. The topological polar surface area (TPSA) is 60.2 Å². The second-order valence-electron chi connectivity index (χ2n) is 5.02. The molecule has 4 nitrogen and oxygen atoms in total. The average molecular weight is 283 g/mol. The van der Waals surface area contributed by atoms with Crippen LogP contribution in [0.4, 0.5) is 0 Å². The van der Waals surface area contributed by atoms with Crippen LogP contribution >= 0.6 is 0 Å². The van der Waals surface area contributed by atoms with E-state index in [1.54, 1.807) is 0 Å². The Labute approximate surface area is 123 Å². The molecule has 0 aliphatic carbocycles. The average Bonchev–Trinajstić information content (AvgIpc) is 2.52. The van der Waals surface area contributed by atoms with Crippen LogP contribution in [0.3, 0.4) is 0 Å². The number of aldehydes is 1. The van der Waals surface area contributed by atoms with Crippen LogP contribution in [-0.2, 0) is 11.2 Å². The van der Waals surface area contributed by atoms with Crippen LogP contribution in [0.1, 0.15) is 17.0 Å². The summed E-state index contributed by atoms with van der Waals surface area (Å²) < 4.78 is 0. The Kier molecular flexibility index (Phi) is 5.21. The van der Waals surface area contributed by atoms with Gasteiger partial charge in [-0.2, -0.15) is 0 Å². The molecule has 0 saturated heterocycles. The third-order valence-corrected chi connectivity index (χ3v) is 3.58. The van der Waals surface area contributed by atoms with E-state index >= 15 is 0 Å². The van der Waals surface area contributed by atoms with Crippen molar-refractivity contribution in [2.24, 2.45) is 5.92 Å². The molecule has 0 unspecified atom stereocenters. The summed E-state index contributed by atoms with van der Waals surface area (Å²) in [5.41, 5.74) is 1.85. The molecular weight excluding hydrogens is 266 g/mol. The molecule has 0 spiro atoms. The highest BCUT2D eigenvalue weighted by Gasteiger charge is 2.27. The van der Waals surface area contributed by atoms with Gasteiger partial charge in [-0.05, 0) is 17.5 Å². The molecule has 2 aromatic rings. The highest BCUT2D eigenvalue weighted by atomic mass is 16.6. The number of hydrogen-bond acceptors (Lipinski definition) is 3. The molecule has 0 saturated carbocycles. The van der Waals surface area contributed by atoms with E-state index in [9.17, 15) is 14.9 Å². The fraction of sp³-hybridized carbons (Fsp3) is 0.235. The van der Waals surface area contributed by atoms with Crippen molar-refractivity contribution >= 4 is 6.29 Å². The lowest BCUT2D eigenvalue weighted by atomic mass is 9.83. The zero-order valence-electron chi connectivity index (χ0n) is 11.6. The molecule has 0 fully saturated rings. The Morgan fingerprint density at radius 1 is 1.00 bits per heavy atom. The SMILES string of the molecule is O=C[C@@H](Cc1ccccc1)[C@@H](C[N+](=O)[O-])c1ccccc1. The van der Waals surface area contributed by atoms with E-state index < -0.39 is 11.8 Å². The number of carbonyl (C=O) groups excluding carboxylic acids is 1. The molecule has 108 valence electrons. The fourth-order valence-corrected chi connectivity index (χ4v) is 2.52. The molecule has 0 N–H and O–H groups in total. The van der Waals surface area contributed by atoms with E-state index in [1.165, 1.54) is 0 Å². The van der Waals surface area contributed by atoms with Gasteiger partial charge in [-0.1, -0.05) is 60.7 Å². The Morgan fingerprint density at radius 3 is 2.10 bits per heavy atom. The highest BCUT2D eigenvalue weighted by Crippen LogP contribution is 2.26. The van der Waals surface area contributed by atoms with Crippen molar-refractivity contribution in [3.63, 3.8) is 0 Å². The largest absolute Gasteiger partial charge is 0.303 e. The Morgan fingerprint density at radius 2 is 1.57 bits per heavy atom. The quantitative estimate of drug-likeness (QED) is 0.445. The number of benzene rings is 2. The first-order chi connectivity index (χ1) is 10.2. The van der Waals surface area contributed by atoms with Gasteiger partial charge in [0.1, 0.15) is 6.29 Å². The van der Waals surface area contributed by atoms with Gasteiger partial charge in [0.25, 0.3) is 0 Å². The predicted octanol–water partition coefficient (Wildman–Crippen LogP) is 3.10. The number of nitro groups is 1.